The number of fused-ring (bicyclic) bond motifs is 1. The molecule has 1 aliphatic carbocycles. The summed E-state index contributed by atoms with van der Waals surface area (Å²) < 4.78 is 5.79. The average molecular weight is 203 g/mol. The average Bonchev–Trinajstić information content (AvgIpc) is 2.82. The van der Waals surface area contributed by atoms with Crippen LogP contribution in [-0.4, -0.2) is 20.8 Å². The number of aromatic amines is 1. The summed E-state index contributed by atoms with van der Waals surface area (Å²) in [5.74, 6) is 0.701. The molecule has 1 N–H and O–H groups in total. The molecule has 0 saturated heterocycles. The van der Waals surface area contributed by atoms with Crippen molar-refractivity contribution in [1.82, 2.24) is 15.2 Å². The fourth-order valence-corrected chi connectivity index (χ4v) is 1.58. The van der Waals surface area contributed by atoms with Crippen molar-refractivity contribution in [1.29, 1.82) is 0 Å². The van der Waals surface area contributed by atoms with Crippen molar-refractivity contribution in [3.8, 4) is 5.88 Å². The smallest absolute Gasteiger partial charge is 0.214 e. The molecular weight excluding hydrogens is 190 g/mol. The van der Waals surface area contributed by atoms with Crippen LogP contribution in [0.3, 0.4) is 0 Å². The second-order valence-electron chi connectivity index (χ2n) is 4.42. The van der Waals surface area contributed by atoms with Gasteiger partial charge in [0.05, 0.1) is 5.69 Å². The third-order valence-corrected chi connectivity index (χ3v) is 2.85. The highest BCUT2D eigenvalue weighted by atomic mass is 16.5. The van der Waals surface area contributed by atoms with Crippen LogP contribution >= 0.6 is 0 Å². The molecular formula is C11H13N3O. The molecule has 1 saturated carbocycles. The summed E-state index contributed by atoms with van der Waals surface area (Å²) in [4.78, 5) is 4.44. The Morgan fingerprint density at radius 3 is 2.93 bits per heavy atom. The molecule has 78 valence electrons. The number of aryl methyl sites for hydroxylation is 1. The molecule has 0 aliphatic heterocycles. The van der Waals surface area contributed by atoms with Crippen LogP contribution in [0.4, 0.5) is 0 Å². The molecule has 1 fully saturated rings. The van der Waals surface area contributed by atoms with Crippen molar-refractivity contribution in [3.05, 3.63) is 17.8 Å². The molecule has 0 unspecified atom stereocenters. The highest BCUT2D eigenvalue weighted by molar-refractivity contribution is 5.77. The van der Waals surface area contributed by atoms with Crippen LogP contribution in [0, 0.1) is 6.92 Å². The number of hydrogen-bond acceptors (Lipinski definition) is 3. The number of nitrogens with zero attached hydrogens (tertiary/aromatic N) is 2. The Kier molecular flexibility index (Phi) is 1.58. The summed E-state index contributed by atoms with van der Waals surface area (Å²) in [6, 6.07) is 3.82. The summed E-state index contributed by atoms with van der Waals surface area (Å²) in [6.07, 6.45) is 2.24. The van der Waals surface area contributed by atoms with Crippen LogP contribution in [0.1, 0.15) is 25.5 Å². The summed E-state index contributed by atoms with van der Waals surface area (Å²) >= 11 is 0. The van der Waals surface area contributed by atoms with Gasteiger partial charge < -0.3 is 4.74 Å². The Morgan fingerprint density at radius 2 is 2.20 bits per heavy atom. The van der Waals surface area contributed by atoms with E-state index in [1.807, 2.05) is 19.1 Å². The first-order chi connectivity index (χ1) is 7.16. The van der Waals surface area contributed by atoms with E-state index in [2.05, 4.69) is 22.1 Å². The van der Waals surface area contributed by atoms with Crippen LogP contribution in [0.15, 0.2) is 12.1 Å². The standard InChI is InChI=1S/C11H13N3O/c1-7-10-8(14-13-7)3-4-9(12-10)15-11(2)5-6-11/h3-4H,5-6H2,1-2H3,(H,13,14). The maximum absolute atomic E-state index is 5.79. The lowest BCUT2D eigenvalue weighted by atomic mass is 10.3. The monoisotopic (exact) mass is 203 g/mol. The largest absolute Gasteiger partial charge is 0.471 e. The van der Waals surface area contributed by atoms with Crippen molar-refractivity contribution in [2.24, 2.45) is 0 Å². The number of hydrogen-bond donors (Lipinski definition) is 1. The quantitative estimate of drug-likeness (QED) is 0.814. The van der Waals surface area contributed by atoms with E-state index >= 15 is 0 Å². The van der Waals surface area contributed by atoms with Gasteiger partial charge in [0.25, 0.3) is 0 Å². The number of H-pyrrole nitrogens is 1. The minimum absolute atomic E-state index is 0.0261. The molecule has 0 aromatic carbocycles. The van der Waals surface area contributed by atoms with E-state index in [0.29, 0.717) is 5.88 Å². The topological polar surface area (TPSA) is 50.8 Å². The van der Waals surface area contributed by atoms with Gasteiger partial charge in [-0.05, 0) is 32.8 Å². The number of aromatic nitrogens is 3. The van der Waals surface area contributed by atoms with Gasteiger partial charge in [-0.1, -0.05) is 0 Å². The van der Waals surface area contributed by atoms with Gasteiger partial charge in [-0.15, -0.1) is 0 Å². The lowest BCUT2D eigenvalue weighted by Crippen LogP contribution is -2.12. The first-order valence-corrected chi connectivity index (χ1v) is 5.17. The first-order valence-electron chi connectivity index (χ1n) is 5.17. The maximum Gasteiger partial charge on any atom is 0.214 e. The zero-order valence-electron chi connectivity index (χ0n) is 8.87. The molecule has 2 heterocycles. The molecule has 0 bridgehead atoms. The minimum Gasteiger partial charge on any atom is -0.471 e. The molecule has 2 aromatic heterocycles. The van der Waals surface area contributed by atoms with Crippen molar-refractivity contribution in [2.75, 3.05) is 0 Å². The SMILES string of the molecule is Cc1[nH]nc2ccc(OC3(C)CC3)nc12. The Balaban J connectivity index is 2.01. The van der Waals surface area contributed by atoms with Crippen molar-refractivity contribution < 1.29 is 4.74 Å². The second kappa shape index (κ2) is 2.72. The number of pyridine rings is 1. The Bertz CT molecular complexity index is 514. The number of ether oxygens (including phenoxy) is 1. The van der Waals surface area contributed by atoms with Gasteiger partial charge in [-0.25, -0.2) is 4.98 Å². The Labute approximate surface area is 87.7 Å². The third kappa shape index (κ3) is 1.46. The van der Waals surface area contributed by atoms with Gasteiger partial charge in [0.15, 0.2) is 0 Å². The lowest BCUT2D eigenvalue weighted by molar-refractivity contribution is 0.192. The highest BCUT2D eigenvalue weighted by Crippen LogP contribution is 2.39. The lowest BCUT2D eigenvalue weighted by Gasteiger charge is -2.10. The summed E-state index contributed by atoms with van der Waals surface area (Å²) in [6.45, 7) is 4.08. The van der Waals surface area contributed by atoms with E-state index in [0.717, 1.165) is 29.6 Å². The molecule has 0 spiro atoms. The first kappa shape index (κ1) is 8.71. The molecule has 0 radical (unpaired) electrons. The summed E-state index contributed by atoms with van der Waals surface area (Å²) in [5, 5.41) is 7.04. The van der Waals surface area contributed by atoms with Crippen LogP contribution in [0.25, 0.3) is 11.0 Å². The highest BCUT2D eigenvalue weighted by Gasteiger charge is 2.40. The predicted molar refractivity (Wildman–Crippen MR) is 56.9 cm³/mol. The van der Waals surface area contributed by atoms with Gasteiger partial charge in [0.1, 0.15) is 16.6 Å². The van der Waals surface area contributed by atoms with Gasteiger partial charge in [0.2, 0.25) is 5.88 Å². The fourth-order valence-electron chi connectivity index (χ4n) is 1.58. The fraction of sp³-hybridized carbons (Fsp3) is 0.455. The zero-order valence-corrected chi connectivity index (χ0v) is 8.87. The Morgan fingerprint density at radius 1 is 1.40 bits per heavy atom. The van der Waals surface area contributed by atoms with Crippen molar-refractivity contribution in [3.63, 3.8) is 0 Å². The molecule has 1 aliphatic rings. The van der Waals surface area contributed by atoms with Gasteiger partial charge in [-0.3, -0.25) is 5.10 Å². The molecule has 3 rings (SSSR count). The van der Waals surface area contributed by atoms with Crippen LogP contribution in [-0.2, 0) is 0 Å². The van der Waals surface area contributed by atoms with E-state index in [4.69, 9.17) is 4.74 Å². The van der Waals surface area contributed by atoms with Gasteiger partial charge in [0, 0.05) is 6.07 Å². The van der Waals surface area contributed by atoms with Crippen LogP contribution in [0.5, 0.6) is 5.88 Å². The van der Waals surface area contributed by atoms with Gasteiger partial charge >= 0.3 is 0 Å². The third-order valence-electron chi connectivity index (χ3n) is 2.85. The number of rotatable bonds is 2. The maximum atomic E-state index is 5.79. The minimum atomic E-state index is 0.0261. The van der Waals surface area contributed by atoms with E-state index in [9.17, 15) is 0 Å². The van der Waals surface area contributed by atoms with Crippen molar-refractivity contribution in [2.45, 2.75) is 32.3 Å². The molecule has 0 atom stereocenters. The molecule has 4 heteroatoms. The second-order valence-corrected chi connectivity index (χ2v) is 4.42. The van der Waals surface area contributed by atoms with E-state index in [-0.39, 0.29) is 5.60 Å². The van der Waals surface area contributed by atoms with E-state index in [1.165, 1.54) is 0 Å². The van der Waals surface area contributed by atoms with Gasteiger partial charge in [-0.2, -0.15) is 5.10 Å². The summed E-state index contributed by atoms with van der Waals surface area (Å²) in [5.41, 5.74) is 2.80. The molecule has 15 heavy (non-hydrogen) atoms. The normalized spacial score (nSPS) is 18.0. The predicted octanol–water partition coefficient (Wildman–Crippen LogP) is 2.20. The summed E-state index contributed by atoms with van der Waals surface area (Å²) in [7, 11) is 0. The van der Waals surface area contributed by atoms with E-state index in [1.54, 1.807) is 0 Å². The molecule has 0 amide bonds. The number of nitrogens with one attached hydrogen (secondary N) is 1. The Hall–Kier alpha value is -1.58. The zero-order chi connectivity index (χ0) is 10.5. The molecule has 2 aromatic rings. The molecule has 4 nitrogen and oxygen atoms in total. The van der Waals surface area contributed by atoms with Crippen LogP contribution < -0.4 is 4.74 Å². The van der Waals surface area contributed by atoms with Crippen molar-refractivity contribution >= 4 is 11.0 Å². The van der Waals surface area contributed by atoms with E-state index < -0.39 is 0 Å². The van der Waals surface area contributed by atoms with Crippen LogP contribution in [0.2, 0.25) is 0 Å².